The topological polar surface area (TPSA) is 58.1 Å². The quantitative estimate of drug-likeness (QED) is 0.241. The second-order valence-electron chi connectivity index (χ2n) is 5.75. The second kappa shape index (κ2) is 14.1. The van der Waals surface area contributed by atoms with Crippen molar-refractivity contribution in [3.05, 3.63) is 29.8 Å². The zero-order valence-corrected chi connectivity index (χ0v) is 18.4. The molecule has 0 radical (unpaired) electrons. The standard InChI is InChI=1S/C18H32N4O2.HI/c1-6-19-18(20-11-8-12-23-4)21-14-17(22(2)3)15-9-7-10-16(13-15)24-5;/h7,9-10,13,17H,6,8,11-12,14H2,1-5H3,(H2,19,20,21);1H. The van der Waals surface area contributed by atoms with Gasteiger partial charge in [0, 0.05) is 26.8 Å². The van der Waals surface area contributed by atoms with Gasteiger partial charge in [0.05, 0.1) is 19.7 Å². The lowest BCUT2D eigenvalue weighted by Crippen LogP contribution is -2.38. The molecule has 6 nitrogen and oxygen atoms in total. The Morgan fingerprint density at radius 1 is 1.24 bits per heavy atom. The smallest absolute Gasteiger partial charge is 0.191 e. The van der Waals surface area contributed by atoms with Gasteiger partial charge in [0.15, 0.2) is 5.96 Å². The van der Waals surface area contributed by atoms with E-state index in [1.54, 1.807) is 14.2 Å². The van der Waals surface area contributed by atoms with Gasteiger partial charge in [0.1, 0.15) is 5.75 Å². The summed E-state index contributed by atoms with van der Waals surface area (Å²) < 4.78 is 10.4. The van der Waals surface area contributed by atoms with Crippen molar-refractivity contribution in [3.8, 4) is 5.75 Å². The van der Waals surface area contributed by atoms with Crippen LogP contribution in [0.2, 0.25) is 0 Å². The summed E-state index contributed by atoms with van der Waals surface area (Å²) in [6, 6.07) is 8.35. The van der Waals surface area contributed by atoms with Gasteiger partial charge in [-0.1, -0.05) is 12.1 Å². The van der Waals surface area contributed by atoms with Crippen LogP contribution in [0.4, 0.5) is 0 Å². The number of hydrogen-bond acceptors (Lipinski definition) is 4. The van der Waals surface area contributed by atoms with E-state index in [1.165, 1.54) is 5.56 Å². The lowest BCUT2D eigenvalue weighted by Gasteiger charge is -2.24. The van der Waals surface area contributed by atoms with E-state index in [0.29, 0.717) is 6.54 Å². The summed E-state index contributed by atoms with van der Waals surface area (Å²) in [5.41, 5.74) is 1.19. The fourth-order valence-corrected chi connectivity index (χ4v) is 2.36. The predicted octanol–water partition coefficient (Wildman–Crippen LogP) is 2.51. The molecule has 2 N–H and O–H groups in total. The molecule has 0 bridgehead atoms. The van der Waals surface area contributed by atoms with Crippen molar-refractivity contribution in [3.63, 3.8) is 0 Å². The lowest BCUT2D eigenvalue weighted by molar-refractivity contribution is 0.195. The Bertz CT molecular complexity index is 498. The third-order valence-electron chi connectivity index (χ3n) is 3.69. The number of likely N-dealkylation sites (N-methyl/N-ethyl adjacent to an activating group) is 1. The first kappa shape index (κ1) is 23.9. The van der Waals surface area contributed by atoms with Crippen LogP contribution < -0.4 is 15.4 Å². The molecule has 25 heavy (non-hydrogen) atoms. The number of guanidine groups is 1. The van der Waals surface area contributed by atoms with Crippen LogP contribution in [0.5, 0.6) is 5.75 Å². The van der Waals surface area contributed by atoms with Crippen LogP contribution in [0.25, 0.3) is 0 Å². The summed E-state index contributed by atoms with van der Waals surface area (Å²) in [5, 5.41) is 6.62. The number of methoxy groups -OCH3 is 2. The summed E-state index contributed by atoms with van der Waals surface area (Å²) in [6.07, 6.45) is 0.952. The normalized spacial score (nSPS) is 12.5. The average Bonchev–Trinajstić information content (AvgIpc) is 2.58. The predicted molar refractivity (Wildman–Crippen MR) is 115 cm³/mol. The third-order valence-corrected chi connectivity index (χ3v) is 3.69. The van der Waals surface area contributed by atoms with Crippen LogP contribution >= 0.6 is 24.0 Å². The summed E-state index contributed by atoms with van der Waals surface area (Å²) in [7, 11) is 7.54. The van der Waals surface area contributed by atoms with Crippen molar-refractivity contribution in [1.82, 2.24) is 15.5 Å². The van der Waals surface area contributed by atoms with Gasteiger partial charge in [-0.15, -0.1) is 24.0 Å². The van der Waals surface area contributed by atoms with Crippen molar-refractivity contribution in [1.29, 1.82) is 0 Å². The van der Waals surface area contributed by atoms with Gasteiger partial charge >= 0.3 is 0 Å². The van der Waals surface area contributed by atoms with E-state index < -0.39 is 0 Å². The Kier molecular flexibility index (Phi) is 13.5. The molecule has 1 unspecified atom stereocenters. The van der Waals surface area contributed by atoms with E-state index in [4.69, 9.17) is 14.5 Å². The number of halogens is 1. The van der Waals surface area contributed by atoms with Crippen LogP contribution in [0, 0.1) is 0 Å². The molecule has 0 amide bonds. The molecule has 0 heterocycles. The molecule has 0 aliphatic heterocycles. The van der Waals surface area contributed by atoms with Crippen molar-refractivity contribution in [2.75, 3.05) is 54.6 Å². The summed E-state index contributed by atoms with van der Waals surface area (Å²) in [6.45, 7) is 5.15. The molecular formula is C18H33IN4O2. The minimum absolute atomic E-state index is 0. The highest BCUT2D eigenvalue weighted by Crippen LogP contribution is 2.22. The zero-order chi connectivity index (χ0) is 17.8. The molecule has 0 aromatic heterocycles. The Morgan fingerprint density at radius 2 is 2.00 bits per heavy atom. The maximum Gasteiger partial charge on any atom is 0.191 e. The van der Waals surface area contributed by atoms with Gasteiger partial charge in [-0.25, -0.2) is 0 Å². The van der Waals surface area contributed by atoms with E-state index in [0.717, 1.165) is 37.8 Å². The number of benzene rings is 1. The number of hydrogen-bond donors (Lipinski definition) is 2. The van der Waals surface area contributed by atoms with Crippen LogP contribution in [-0.2, 0) is 4.74 Å². The monoisotopic (exact) mass is 464 g/mol. The Balaban J connectivity index is 0.00000576. The van der Waals surface area contributed by atoms with Gasteiger partial charge in [-0.05, 0) is 45.1 Å². The molecule has 1 atom stereocenters. The molecule has 0 spiro atoms. The van der Waals surface area contributed by atoms with Crippen LogP contribution in [0.15, 0.2) is 29.3 Å². The summed E-state index contributed by atoms with van der Waals surface area (Å²) in [4.78, 5) is 6.91. The molecular weight excluding hydrogens is 431 g/mol. The van der Waals surface area contributed by atoms with Gasteiger partial charge < -0.3 is 25.0 Å². The maximum atomic E-state index is 5.33. The van der Waals surface area contributed by atoms with E-state index in [-0.39, 0.29) is 30.0 Å². The molecule has 1 aromatic carbocycles. The van der Waals surface area contributed by atoms with Crippen molar-refractivity contribution in [2.24, 2.45) is 4.99 Å². The highest BCUT2D eigenvalue weighted by molar-refractivity contribution is 14.0. The minimum atomic E-state index is 0. The fraction of sp³-hybridized carbons (Fsp3) is 0.611. The highest BCUT2D eigenvalue weighted by atomic mass is 127. The first-order chi connectivity index (χ1) is 11.6. The number of aliphatic imine (C=N–C) groups is 1. The van der Waals surface area contributed by atoms with Gasteiger partial charge in [-0.3, -0.25) is 4.99 Å². The molecule has 1 rings (SSSR count). The highest BCUT2D eigenvalue weighted by Gasteiger charge is 2.14. The molecule has 144 valence electrons. The molecule has 0 fully saturated rings. The fourth-order valence-electron chi connectivity index (χ4n) is 2.36. The van der Waals surface area contributed by atoms with Crippen molar-refractivity contribution >= 4 is 29.9 Å². The van der Waals surface area contributed by atoms with Gasteiger partial charge in [-0.2, -0.15) is 0 Å². The Labute approximate surface area is 169 Å². The van der Waals surface area contributed by atoms with Crippen molar-refractivity contribution < 1.29 is 9.47 Å². The van der Waals surface area contributed by atoms with Gasteiger partial charge in [0.2, 0.25) is 0 Å². The van der Waals surface area contributed by atoms with E-state index >= 15 is 0 Å². The molecule has 0 saturated heterocycles. The second-order valence-corrected chi connectivity index (χ2v) is 5.75. The number of nitrogens with zero attached hydrogens (tertiary/aromatic N) is 2. The third kappa shape index (κ3) is 9.27. The Hall–Kier alpha value is -1.06. The van der Waals surface area contributed by atoms with E-state index in [9.17, 15) is 0 Å². The number of ether oxygens (including phenoxy) is 2. The molecule has 0 aliphatic carbocycles. The molecule has 1 aromatic rings. The largest absolute Gasteiger partial charge is 0.497 e. The molecule has 0 aliphatic rings. The van der Waals surface area contributed by atoms with Gasteiger partial charge in [0.25, 0.3) is 0 Å². The Morgan fingerprint density at radius 3 is 2.60 bits per heavy atom. The molecule has 7 heteroatoms. The summed E-state index contributed by atoms with van der Waals surface area (Å²) in [5.74, 6) is 1.70. The average molecular weight is 464 g/mol. The lowest BCUT2D eigenvalue weighted by atomic mass is 10.1. The number of nitrogens with one attached hydrogen (secondary N) is 2. The van der Waals surface area contributed by atoms with E-state index in [1.807, 2.05) is 12.1 Å². The van der Waals surface area contributed by atoms with Crippen LogP contribution in [0.3, 0.4) is 0 Å². The minimum Gasteiger partial charge on any atom is -0.497 e. The van der Waals surface area contributed by atoms with Crippen molar-refractivity contribution in [2.45, 2.75) is 19.4 Å². The number of rotatable bonds is 10. The van der Waals surface area contributed by atoms with Crippen LogP contribution in [-0.4, -0.2) is 65.4 Å². The van der Waals surface area contributed by atoms with E-state index in [2.05, 4.69) is 48.7 Å². The summed E-state index contributed by atoms with van der Waals surface area (Å²) >= 11 is 0. The first-order valence-electron chi connectivity index (χ1n) is 8.43. The maximum absolute atomic E-state index is 5.33. The SMILES string of the molecule is CCNC(=NCC(c1cccc(OC)c1)N(C)C)NCCCOC.I. The zero-order valence-electron chi connectivity index (χ0n) is 16.0. The van der Waals surface area contributed by atoms with Crippen LogP contribution in [0.1, 0.15) is 24.9 Å². The molecule has 0 saturated carbocycles. The first-order valence-corrected chi connectivity index (χ1v) is 8.43.